The number of hydrogen-bond donors (Lipinski definition) is 2. The zero-order valence-electron chi connectivity index (χ0n) is 18.1. The lowest BCUT2D eigenvalue weighted by Gasteiger charge is -2.46. The van der Waals surface area contributed by atoms with Crippen molar-refractivity contribution in [3.63, 3.8) is 0 Å². The van der Waals surface area contributed by atoms with E-state index in [0.29, 0.717) is 32.4 Å². The molecular weight excluding hydrogens is 384 g/mol. The molecule has 2 aromatic heterocycles. The van der Waals surface area contributed by atoms with E-state index in [1.54, 1.807) is 25.3 Å². The van der Waals surface area contributed by atoms with Gasteiger partial charge in [-0.25, -0.2) is 4.98 Å². The van der Waals surface area contributed by atoms with Crippen LogP contribution in [0.5, 0.6) is 0 Å². The summed E-state index contributed by atoms with van der Waals surface area (Å²) in [5.74, 6) is 0.989. The van der Waals surface area contributed by atoms with E-state index in [2.05, 4.69) is 20.4 Å². The summed E-state index contributed by atoms with van der Waals surface area (Å²) in [5, 5.41) is 7.55. The third-order valence-corrected chi connectivity index (χ3v) is 6.51. The molecule has 30 heavy (non-hydrogen) atoms. The fourth-order valence-electron chi connectivity index (χ4n) is 4.77. The summed E-state index contributed by atoms with van der Waals surface area (Å²) in [4.78, 5) is 36.8. The maximum Gasteiger partial charge on any atom is 0.239 e. The molecule has 2 aliphatic rings. The monoisotopic (exact) mass is 414 g/mol. The van der Waals surface area contributed by atoms with E-state index in [0.717, 1.165) is 41.2 Å². The normalized spacial score (nSPS) is 20.3. The molecule has 162 valence electrons. The summed E-state index contributed by atoms with van der Waals surface area (Å²) >= 11 is 0. The molecule has 1 atom stereocenters. The van der Waals surface area contributed by atoms with Gasteiger partial charge in [-0.2, -0.15) is 0 Å². The fraction of sp³-hybridized carbons (Fsp3) is 0.619. The average molecular weight is 415 g/mol. The number of carbonyl (C=O) groups excluding carboxylic acids is 2. The topological polar surface area (TPSA) is 107 Å². The lowest BCUT2D eigenvalue weighted by molar-refractivity contribution is -0.135. The molecule has 2 aromatic rings. The van der Waals surface area contributed by atoms with E-state index < -0.39 is 0 Å². The Morgan fingerprint density at radius 2 is 2.03 bits per heavy atom. The van der Waals surface area contributed by atoms with Gasteiger partial charge >= 0.3 is 0 Å². The summed E-state index contributed by atoms with van der Waals surface area (Å²) < 4.78 is 5.20. The number of amides is 2. The van der Waals surface area contributed by atoms with Crippen LogP contribution in [-0.2, 0) is 28.0 Å². The summed E-state index contributed by atoms with van der Waals surface area (Å²) in [5.41, 5.74) is 3.52. The molecule has 0 unspecified atom stereocenters. The summed E-state index contributed by atoms with van der Waals surface area (Å²) in [6.07, 6.45) is 4.87. The largest absolute Gasteiger partial charge is 0.361 e. The number of carbonyl (C=O) groups is 2. The molecule has 9 heteroatoms. The number of piperidine rings is 1. The first kappa shape index (κ1) is 20.6. The van der Waals surface area contributed by atoms with Crippen LogP contribution < -0.4 is 5.32 Å². The molecule has 4 heterocycles. The molecule has 2 amide bonds. The van der Waals surface area contributed by atoms with E-state index in [4.69, 9.17) is 4.52 Å². The van der Waals surface area contributed by atoms with Crippen LogP contribution in [-0.4, -0.2) is 70.0 Å². The second-order valence-corrected chi connectivity index (χ2v) is 8.63. The Balaban J connectivity index is 1.42. The van der Waals surface area contributed by atoms with E-state index in [1.807, 2.05) is 18.7 Å². The van der Waals surface area contributed by atoms with Crippen LogP contribution in [0.4, 0.5) is 0 Å². The van der Waals surface area contributed by atoms with Crippen molar-refractivity contribution in [2.24, 2.45) is 0 Å². The molecule has 0 aromatic carbocycles. The quantitative estimate of drug-likeness (QED) is 0.775. The van der Waals surface area contributed by atoms with Crippen LogP contribution in [0.2, 0.25) is 0 Å². The van der Waals surface area contributed by atoms with Gasteiger partial charge in [0.1, 0.15) is 5.76 Å². The number of aryl methyl sites for hydroxylation is 2. The van der Waals surface area contributed by atoms with Crippen molar-refractivity contribution in [1.29, 1.82) is 0 Å². The Hall–Kier alpha value is -2.68. The molecule has 4 rings (SSSR count). The van der Waals surface area contributed by atoms with Crippen molar-refractivity contribution in [3.05, 3.63) is 34.7 Å². The first-order valence-electron chi connectivity index (χ1n) is 10.5. The van der Waals surface area contributed by atoms with Crippen molar-refractivity contribution >= 4 is 11.8 Å². The van der Waals surface area contributed by atoms with Gasteiger partial charge in [0.15, 0.2) is 0 Å². The molecule has 9 nitrogen and oxygen atoms in total. The van der Waals surface area contributed by atoms with Crippen molar-refractivity contribution in [2.45, 2.75) is 57.5 Å². The molecule has 1 spiro atoms. The molecular formula is C21H30N6O3. The predicted molar refractivity (Wildman–Crippen MR) is 110 cm³/mol. The highest BCUT2D eigenvalue weighted by molar-refractivity contribution is 5.82. The molecule has 2 aliphatic heterocycles. The van der Waals surface area contributed by atoms with Crippen LogP contribution in [0.3, 0.4) is 0 Å². The number of likely N-dealkylation sites (N-methyl/N-ethyl adjacent to an activating group) is 1. The molecule has 0 aliphatic carbocycles. The highest BCUT2D eigenvalue weighted by Gasteiger charge is 2.46. The van der Waals surface area contributed by atoms with Crippen LogP contribution >= 0.6 is 0 Å². The number of aromatic nitrogens is 3. The fourth-order valence-corrected chi connectivity index (χ4v) is 4.77. The number of likely N-dealkylation sites (tertiary alicyclic amines) is 1. The van der Waals surface area contributed by atoms with Crippen molar-refractivity contribution in [3.8, 4) is 0 Å². The number of H-pyrrole nitrogens is 1. The minimum Gasteiger partial charge on any atom is -0.361 e. The van der Waals surface area contributed by atoms with Crippen LogP contribution in [0.15, 0.2) is 10.9 Å². The molecule has 2 N–H and O–H groups in total. The number of fused-ring (bicyclic) bond motifs is 2. The van der Waals surface area contributed by atoms with Gasteiger partial charge < -0.3 is 19.3 Å². The first-order chi connectivity index (χ1) is 14.3. The van der Waals surface area contributed by atoms with Crippen molar-refractivity contribution in [2.75, 3.05) is 27.2 Å². The van der Waals surface area contributed by atoms with E-state index in [-0.39, 0.29) is 23.4 Å². The maximum atomic E-state index is 12.8. The number of aromatic amines is 1. The predicted octanol–water partition coefficient (Wildman–Crippen LogP) is 1.07. The Morgan fingerprint density at radius 1 is 1.30 bits per heavy atom. The van der Waals surface area contributed by atoms with E-state index in [1.165, 1.54) is 0 Å². The third-order valence-electron chi connectivity index (χ3n) is 6.51. The molecule has 0 saturated carbocycles. The molecule has 0 radical (unpaired) electrons. The number of imidazole rings is 1. The molecule has 1 saturated heterocycles. The van der Waals surface area contributed by atoms with Gasteiger partial charge in [0.2, 0.25) is 11.8 Å². The zero-order valence-corrected chi connectivity index (χ0v) is 18.1. The lowest BCUT2D eigenvalue weighted by atomic mass is 9.78. The minimum atomic E-state index is -0.373. The Labute approximate surface area is 176 Å². The highest BCUT2D eigenvalue weighted by atomic mass is 16.5. The second-order valence-electron chi connectivity index (χ2n) is 8.63. The van der Waals surface area contributed by atoms with Gasteiger partial charge in [0.25, 0.3) is 0 Å². The van der Waals surface area contributed by atoms with Gasteiger partial charge in [0.05, 0.1) is 29.3 Å². The smallest absolute Gasteiger partial charge is 0.239 e. The van der Waals surface area contributed by atoms with Crippen molar-refractivity contribution < 1.29 is 14.1 Å². The van der Waals surface area contributed by atoms with Gasteiger partial charge in [-0.1, -0.05) is 5.16 Å². The Kier molecular flexibility index (Phi) is 5.40. The SMILES string of the molecule is Cc1noc(C)c1CCC(=O)N1CCC2(CC1)N[C@H](C(=O)N(C)C)Cc1[nH]cnc12. The van der Waals surface area contributed by atoms with E-state index >= 15 is 0 Å². The second kappa shape index (κ2) is 7.86. The Bertz CT molecular complexity index is 919. The molecule has 0 bridgehead atoms. The number of rotatable bonds is 4. The van der Waals surface area contributed by atoms with Gasteiger partial charge in [0, 0.05) is 51.3 Å². The average Bonchev–Trinajstić information content (AvgIpc) is 3.33. The maximum absolute atomic E-state index is 12.8. The van der Waals surface area contributed by atoms with Gasteiger partial charge in [-0.15, -0.1) is 0 Å². The molecule has 1 fully saturated rings. The Morgan fingerprint density at radius 3 is 2.67 bits per heavy atom. The highest BCUT2D eigenvalue weighted by Crippen LogP contribution is 2.37. The van der Waals surface area contributed by atoms with Crippen LogP contribution in [0, 0.1) is 13.8 Å². The van der Waals surface area contributed by atoms with Crippen LogP contribution in [0.25, 0.3) is 0 Å². The van der Waals surface area contributed by atoms with Crippen molar-refractivity contribution in [1.82, 2.24) is 30.2 Å². The first-order valence-corrected chi connectivity index (χ1v) is 10.5. The number of hydrogen-bond acceptors (Lipinski definition) is 6. The van der Waals surface area contributed by atoms with Crippen LogP contribution in [0.1, 0.15) is 47.7 Å². The number of nitrogens with one attached hydrogen (secondary N) is 2. The minimum absolute atomic E-state index is 0.0626. The standard InChI is InChI=1S/C21H30N6O3/c1-13-15(14(2)30-25-13)5-6-18(28)27-9-7-21(8-10-27)19-16(22-12-23-19)11-17(24-21)20(29)26(3)4/h12,17,24H,5-11H2,1-4H3,(H,22,23)/t17-/m0/s1. The summed E-state index contributed by atoms with van der Waals surface area (Å²) in [7, 11) is 3.55. The van der Waals surface area contributed by atoms with Gasteiger partial charge in [-0.3, -0.25) is 14.9 Å². The number of nitrogens with zero attached hydrogens (tertiary/aromatic N) is 4. The summed E-state index contributed by atoms with van der Waals surface area (Å²) in [6.45, 7) is 5.07. The van der Waals surface area contributed by atoms with E-state index in [9.17, 15) is 9.59 Å². The summed E-state index contributed by atoms with van der Waals surface area (Å²) in [6, 6.07) is -0.283. The third kappa shape index (κ3) is 3.62. The van der Waals surface area contributed by atoms with Gasteiger partial charge in [-0.05, 0) is 33.1 Å². The lowest BCUT2D eigenvalue weighted by Crippen LogP contribution is -2.61. The zero-order chi connectivity index (χ0) is 21.5.